The maximum atomic E-state index is 14.3. The molecule has 1 heterocycles. The first-order valence-electron chi connectivity index (χ1n) is 8.79. The fourth-order valence-electron chi connectivity index (χ4n) is 3.46. The molecule has 2 N–H and O–H groups in total. The molecule has 0 aromatic heterocycles. The number of nitrogens with two attached hydrogens (primary N) is 1. The van der Waals surface area contributed by atoms with E-state index in [1.165, 1.54) is 12.5 Å². The Labute approximate surface area is 144 Å². The van der Waals surface area contributed by atoms with Crippen molar-refractivity contribution in [3.63, 3.8) is 0 Å². The Hall–Kier alpha value is -1.81. The van der Waals surface area contributed by atoms with Crippen LogP contribution < -0.4 is 10.5 Å². The lowest BCUT2D eigenvalue weighted by Crippen LogP contribution is -2.24. The Balaban J connectivity index is 1.56. The molecule has 0 amide bonds. The molecule has 1 atom stereocenters. The van der Waals surface area contributed by atoms with Gasteiger partial charge in [0.25, 0.3) is 0 Å². The zero-order valence-electron chi connectivity index (χ0n) is 14.6. The second-order valence-electron chi connectivity index (χ2n) is 7.40. The molecule has 1 aliphatic heterocycles. The Morgan fingerprint density at radius 2 is 2.21 bits per heavy atom. The molecule has 1 aromatic carbocycles. The van der Waals surface area contributed by atoms with Gasteiger partial charge in [0.15, 0.2) is 0 Å². The molecule has 130 valence electrons. The number of ether oxygens (including phenoxy) is 1. The second-order valence-corrected chi connectivity index (χ2v) is 7.40. The van der Waals surface area contributed by atoms with Crippen molar-refractivity contribution in [2.45, 2.75) is 26.7 Å². The van der Waals surface area contributed by atoms with E-state index in [1.807, 2.05) is 6.07 Å². The van der Waals surface area contributed by atoms with Crippen molar-refractivity contribution in [2.75, 3.05) is 26.2 Å². The Morgan fingerprint density at radius 3 is 2.96 bits per heavy atom. The number of rotatable bonds is 6. The van der Waals surface area contributed by atoms with Crippen LogP contribution in [0.1, 0.15) is 37.8 Å². The van der Waals surface area contributed by atoms with E-state index in [0.717, 1.165) is 43.1 Å². The molecule has 2 aliphatic rings. The molecule has 1 aliphatic carbocycles. The summed E-state index contributed by atoms with van der Waals surface area (Å²) in [7, 11) is 0. The normalized spacial score (nSPS) is 20.6. The lowest BCUT2D eigenvalue weighted by Gasteiger charge is -2.17. The summed E-state index contributed by atoms with van der Waals surface area (Å²) >= 11 is 0. The maximum absolute atomic E-state index is 14.3. The minimum atomic E-state index is -0.333. The summed E-state index contributed by atoms with van der Waals surface area (Å²) < 4.78 is 20.1. The molecule has 24 heavy (non-hydrogen) atoms. The van der Waals surface area contributed by atoms with Crippen LogP contribution in [0.15, 0.2) is 24.8 Å². The molecule has 1 fully saturated rings. The SMILES string of the molecule is C=C1C=C(N)c2c(F)cc(OCC3CCN(CCC(C)C)C3)cc21. The van der Waals surface area contributed by atoms with E-state index < -0.39 is 0 Å². The van der Waals surface area contributed by atoms with E-state index in [0.29, 0.717) is 29.5 Å². The molecule has 0 radical (unpaired) electrons. The molecular formula is C20H27FN2O. The third-order valence-electron chi connectivity index (χ3n) is 4.91. The highest BCUT2D eigenvalue weighted by Crippen LogP contribution is 2.36. The lowest BCUT2D eigenvalue weighted by molar-refractivity contribution is 0.236. The van der Waals surface area contributed by atoms with Gasteiger partial charge < -0.3 is 15.4 Å². The first kappa shape index (κ1) is 17.0. The fraction of sp³-hybridized carbons (Fsp3) is 0.500. The topological polar surface area (TPSA) is 38.5 Å². The summed E-state index contributed by atoms with van der Waals surface area (Å²) in [5.41, 5.74) is 8.22. The molecule has 3 nitrogen and oxygen atoms in total. The van der Waals surface area contributed by atoms with Crippen LogP contribution in [0, 0.1) is 17.7 Å². The smallest absolute Gasteiger partial charge is 0.136 e. The Kier molecular flexibility index (Phi) is 4.95. The Bertz CT molecular complexity index is 666. The van der Waals surface area contributed by atoms with Crippen molar-refractivity contribution < 1.29 is 9.13 Å². The monoisotopic (exact) mass is 330 g/mol. The van der Waals surface area contributed by atoms with E-state index >= 15 is 0 Å². The number of hydrogen-bond donors (Lipinski definition) is 1. The van der Waals surface area contributed by atoms with Crippen LogP contribution in [0.3, 0.4) is 0 Å². The average molecular weight is 330 g/mol. The van der Waals surface area contributed by atoms with E-state index in [-0.39, 0.29) is 5.82 Å². The van der Waals surface area contributed by atoms with Crippen molar-refractivity contribution in [1.82, 2.24) is 4.90 Å². The van der Waals surface area contributed by atoms with E-state index in [2.05, 4.69) is 25.3 Å². The van der Waals surface area contributed by atoms with Crippen LogP contribution in [-0.4, -0.2) is 31.1 Å². The lowest BCUT2D eigenvalue weighted by atomic mass is 10.1. The molecule has 1 saturated heterocycles. The molecule has 1 unspecified atom stereocenters. The van der Waals surface area contributed by atoms with Gasteiger partial charge in [-0.25, -0.2) is 4.39 Å². The third kappa shape index (κ3) is 3.64. The van der Waals surface area contributed by atoms with Crippen molar-refractivity contribution in [1.29, 1.82) is 0 Å². The minimum Gasteiger partial charge on any atom is -0.493 e. The first-order valence-corrected chi connectivity index (χ1v) is 8.79. The average Bonchev–Trinajstić information content (AvgIpc) is 3.08. The first-order chi connectivity index (χ1) is 11.4. The number of likely N-dealkylation sites (tertiary alicyclic amines) is 1. The Morgan fingerprint density at radius 1 is 1.42 bits per heavy atom. The molecule has 0 spiro atoms. The predicted octanol–water partition coefficient (Wildman–Crippen LogP) is 3.90. The van der Waals surface area contributed by atoms with Crippen molar-refractivity contribution >= 4 is 11.3 Å². The van der Waals surface area contributed by atoms with Gasteiger partial charge in [-0.05, 0) is 55.1 Å². The van der Waals surface area contributed by atoms with E-state index in [1.54, 1.807) is 6.08 Å². The van der Waals surface area contributed by atoms with Gasteiger partial charge in [-0.1, -0.05) is 20.4 Å². The van der Waals surface area contributed by atoms with Gasteiger partial charge >= 0.3 is 0 Å². The zero-order valence-corrected chi connectivity index (χ0v) is 14.6. The molecule has 0 saturated carbocycles. The molecule has 1 aromatic rings. The minimum absolute atomic E-state index is 0.333. The van der Waals surface area contributed by atoms with Gasteiger partial charge in [0.1, 0.15) is 11.6 Å². The number of allylic oxidation sites excluding steroid dienone is 2. The van der Waals surface area contributed by atoms with Crippen LogP contribution in [-0.2, 0) is 0 Å². The molecule has 3 rings (SSSR count). The highest BCUT2D eigenvalue weighted by atomic mass is 19.1. The van der Waals surface area contributed by atoms with Crippen LogP contribution >= 0.6 is 0 Å². The van der Waals surface area contributed by atoms with Gasteiger partial charge in [0, 0.05) is 29.8 Å². The maximum Gasteiger partial charge on any atom is 0.136 e. The predicted molar refractivity (Wildman–Crippen MR) is 97.1 cm³/mol. The van der Waals surface area contributed by atoms with Crippen LogP contribution in [0.5, 0.6) is 5.75 Å². The third-order valence-corrected chi connectivity index (χ3v) is 4.91. The zero-order chi connectivity index (χ0) is 17.3. The van der Waals surface area contributed by atoms with Gasteiger partial charge in [-0.3, -0.25) is 0 Å². The van der Waals surface area contributed by atoms with Crippen LogP contribution in [0.2, 0.25) is 0 Å². The van der Waals surface area contributed by atoms with Gasteiger partial charge in [-0.15, -0.1) is 0 Å². The van der Waals surface area contributed by atoms with Gasteiger partial charge in [0.2, 0.25) is 0 Å². The highest BCUT2D eigenvalue weighted by molar-refractivity contribution is 5.94. The number of nitrogens with zero attached hydrogens (tertiary/aromatic N) is 1. The fourth-order valence-corrected chi connectivity index (χ4v) is 3.46. The van der Waals surface area contributed by atoms with Crippen molar-refractivity contribution in [2.24, 2.45) is 17.6 Å². The highest BCUT2D eigenvalue weighted by Gasteiger charge is 2.24. The quantitative estimate of drug-likeness (QED) is 0.860. The standard InChI is InChI=1S/C20H27FN2O/c1-13(2)4-6-23-7-5-15(11-23)12-24-16-9-17-14(3)8-19(22)20(17)18(21)10-16/h8-10,13,15H,3-7,11-12,22H2,1-2H3. The summed E-state index contributed by atoms with van der Waals surface area (Å²) in [5, 5.41) is 0. The second kappa shape index (κ2) is 6.98. The van der Waals surface area contributed by atoms with Crippen molar-refractivity contribution in [3.05, 3.63) is 41.7 Å². The van der Waals surface area contributed by atoms with Gasteiger partial charge in [-0.2, -0.15) is 0 Å². The summed E-state index contributed by atoms with van der Waals surface area (Å²) in [6.45, 7) is 12.4. The summed E-state index contributed by atoms with van der Waals surface area (Å²) in [5.74, 6) is 1.49. The van der Waals surface area contributed by atoms with Gasteiger partial charge in [0.05, 0.1) is 6.61 Å². The molecule has 0 bridgehead atoms. The van der Waals surface area contributed by atoms with Crippen molar-refractivity contribution in [3.8, 4) is 5.75 Å². The van der Waals surface area contributed by atoms with Crippen LogP contribution in [0.4, 0.5) is 4.39 Å². The number of hydrogen-bond acceptors (Lipinski definition) is 3. The summed E-state index contributed by atoms with van der Waals surface area (Å²) in [4.78, 5) is 2.50. The van der Waals surface area contributed by atoms with E-state index in [9.17, 15) is 4.39 Å². The number of fused-ring (bicyclic) bond motifs is 1. The molecule has 4 heteroatoms. The largest absolute Gasteiger partial charge is 0.493 e. The summed E-state index contributed by atoms with van der Waals surface area (Å²) in [6, 6.07) is 3.28. The number of benzene rings is 1. The van der Waals surface area contributed by atoms with Crippen LogP contribution in [0.25, 0.3) is 11.3 Å². The van der Waals surface area contributed by atoms with E-state index in [4.69, 9.17) is 10.5 Å². The molecular weight excluding hydrogens is 303 g/mol. The number of halogens is 1. The summed E-state index contributed by atoms with van der Waals surface area (Å²) in [6.07, 6.45) is 4.09.